The molecule has 96 valence electrons. The number of aromatic nitrogens is 3. The zero-order valence-electron chi connectivity index (χ0n) is 11.1. The standard InChI is InChI=1S/C14H19N3O/c1-4-18-10-9-13(11(2)3)17-14-8-6-5-7-12(14)15-16-17/h5-11,13H,4H2,1-3H3. The van der Waals surface area contributed by atoms with Gasteiger partial charge in [-0.3, -0.25) is 0 Å². The number of ether oxygens (including phenoxy) is 1. The lowest BCUT2D eigenvalue weighted by atomic mass is 10.0. The van der Waals surface area contributed by atoms with Crippen molar-refractivity contribution in [3.05, 3.63) is 36.6 Å². The molecule has 0 amide bonds. The number of nitrogens with zero attached hydrogens (tertiary/aromatic N) is 3. The molecule has 0 saturated carbocycles. The number of allylic oxidation sites excluding steroid dienone is 1. The van der Waals surface area contributed by atoms with Crippen molar-refractivity contribution in [3.8, 4) is 0 Å². The number of hydrogen-bond acceptors (Lipinski definition) is 3. The molecule has 4 heteroatoms. The predicted molar refractivity (Wildman–Crippen MR) is 72.2 cm³/mol. The Kier molecular flexibility index (Phi) is 3.97. The van der Waals surface area contributed by atoms with Gasteiger partial charge in [0, 0.05) is 0 Å². The van der Waals surface area contributed by atoms with Crippen molar-refractivity contribution >= 4 is 11.0 Å². The highest BCUT2D eigenvalue weighted by atomic mass is 16.5. The van der Waals surface area contributed by atoms with Crippen LogP contribution in [0.4, 0.5) is 0 Å². The van der Waals surface area contributed by atoms with E-state index in [4.69, 9.17) is 4.74 Å². The van der Waals surface area contributed by atoms with E-state index < -0.39 is 0 Å². The summed E-state index contributed by atoms with van der Waals surface area (Å²) in [5.41, 5.74) is 1.98. The monoisotopic (exact) mass is 245 g/mol. The molecule has 1 atom stereocenters. The molecule has 1 heterocycles. The first kappa shape index (κ1) is 12.6. The van der Waals surface area contributed by atoms with Gasteiger partial charge in [0.15, 0.2) is 0 Å². The van der Waals surface area contributed by atoms with Crippen LogP contribution in [0.25, 0.3) is 11.0 Å². The summed E-state index contributed by atoms with van der Waals surface area (Å²) in [6, 6.07) is 8.15. The molecule has 0 N–H and O–H groups in total. The molecule has 1 unspecified atom stereocenters. The summed E-state index contributed by atoms with van der Waals surface area (Å²) in [4.78, 5) is 0. The van der Waals surface area contributed by atoms with Crippen LogP contribution < -0.4 is 0 Å². The lowest BCUT2D eigenvalue weighted by Gasteiger charge is -2.17. The third-order valence-electron chi connectivity index (χ3n) is 2.88. The molecule has 0 radical (unpaired) electrons. The Morgan fingerprint density at radius 1 is 1.33 bits per heavy atom. The number of para-hydroxylation sites is 1. The number of rotatable bonds is 5. The highest BCUT2D eigenvalue weighted by molar-refractivity contribution is 5.74. The van der Waals surface area contributed by atoms with Gasteiger partial charge >= 0.3 is 0 Å². The third-order valence-corrected chi connectivity index (χ3v) is 2.88. The van der Waals surface area contributed by atoms with Gasteiger partial charge in [0.05, 0.1) is 24.4 Å². The molecule has 0 fully saturated rings. The van der Waals surface area contributed by atoms with E-state index in [-0.39, 0.29) is 6.04 Å². The van der Waals surface area contributed by atoms with Crippen molar-refractivity contribution in [3.63, 3.8) is 0 Å². The van der Waals surface area contributed by atoms with Gasteiger partial charge in [-0.1, -0.05) is 31.2 Å². The normalized spacial score (nSPS) is 13.6. The van der Waals surface area contributed by atoms with E-state index in [0.717, 1.165) is 11.0 Å². The molecule has 0 aliphatic heterocycles. The summed E-state index contributed by atoms with van der Waals surface area (Å²) in [6.45, 7) is 6.98. The van der Waals surface area contributed by atoms with Crippen LogP contribution in [-0.2, 0) is 4.74 Å². The molecule has 2 aromatic rings. The highest BCUT2D eigenvalue weighted by Crippen LogP contribution is 2.22. The number of hydrogen-bond donors (Lipinski definition) is 0. The third kappa shape index (κ3) is 2.53. The van der Waals surface area contributed by atoms with Gasteiger partial charge in [-0.2, -0.15) is 0 Å². The highest BCUT2D eigenvalue weighted by Gasteiger charge is 2.16. The lowest BCUT2D eigenvalue weighted by Crippen LogP contribution is -2.14. The number of benzene rings is 1. The van der Waals surface area contributed by atoms with E-state index in [2.05, 4.69) is 24.2 Å². The van der Waals surface area contributed by atoms with Gasteiger partial charge < -0.3 is 4.74 Å². The predicted octanol–water partition coefficient (Wildman–Crippen LogP) is 3.18. The summed E-state index contributed by atoms with van der Waals surface area (Å²) in [5, 5.41) is 8.44. The van der Waals surface area contributed by atoms with Crippen molar-refractivity contribution in [1.29, 1.82) is 0 Å². The molecule has 1 aromatic heterocycles. The van der Waals surface area contributed by atoms with Crippen LogP contribution in [0.1, 0.15) is 26.8 Å². The van der Waals surface area contributed by atoms with Gasteiger partial charge in [-0.15, -0.1) is 5.10 Å². The van der Waals surface area contributed by atoms with Gasteiger partial charge in [-0.05, 0) is 31.1 Å². The molecule has 0 aliphatic rings. The average Bonchev–Trinajstić information content (AvgIpc) is 2.78. The number of fused-ring (bicyclic) bond motifs is 1. The summed E-state index contributed by atoms with van der Waals surface area (Å²) in [6.07, 6.45) is 3.79. The van der Waals surface area contributed by atoms with E-state index in [0.29, 0.717) is 12.5 Å². The van der Waals surface area contributed by atoms with Gasteiger partial charge in [0.2, 0.25) is 0 Å². The second-order valence-electron chi connectivity index (χ2n) is 4.54. The average molecular weight is 245 g/mol. The molecule has 0 bridgehead atoms. The Labute approximate surface area is 107 Å². The molecule has 2 rings (SSSR count). The fraction of sp³-hybridized carbons (Fsp3) is 0.429. The molecule has 1 aromatic carbocycles. The van der Waals surface area contributed by atoms with Crippen molar-refractivity contribution in [2.75, 3.05) is 6.61 Å². The first-order valence-corrected chi connectivity index (χ1v) is 6.32. The fourth-order valence-electron chi connectivity index (χ4n) is 1.93. The second kappa shape index (κ2) is 5.67. The molecular formula is C14H19N3O. The lowest BCUT2D eigenvalue weighted by molar-refractivity contribution is 0.263. The van der Waals surface area contributed by atoms with Gasteiger partial charge in [-0.25, -0.2) is 4.68 Å². The molecule has 4 nitrogen and oxygen atoms in total. The largest absolute Gasteiger partial charge is 0.502 e. The Balaban J connectivity index is 2.36. The summed E-state index contributed by atoms with van der Waals surface area (Å²) >= 11 is 0. The van der Waals surface area contributed by atoms with E-state index in [9.17, 15) is 0 Å². The summed E-state index contributed by atoms with van der Waals surface area (Å²) in [7, 11) is 0. The summed E-state index contributed by atoms with van der Waals surface area (Å²) < 4.78 is 7.24. The maximum Gasteiger partial charge on any atom is 0.113 e. The molecule has 0 saturated heterocycles. The zero-order valence-corrected chi connectivity index (χ0v) is 11.1. The van der Waals surface area contributed by atoms with Crippen molar-refractivity contribution < 1.29 is 4.74 Å². The first-order chi connectivity index (χ1) is 8.74. The van der Waals surface area contributed by atoms with E-state index >= 15 is 0 Å². The topological polar surface area (TPSA) is 39.9 Å². The summed E-state index contributed by atoms with van der Waals surface area (Å²) in [5.74, 6) is 0.423. The minimum atomic E-state index is 0.156. The van der Waals surface area contributed by atoms with Crippen molar-refractivity contribution in [2.45, 2.75) is 26.8 Å². The van der Waals surface area contributed by atoms with E-state index in [1.165, 1.54) is 0 Å². The van der Waals surface area contributed by atoms with Gasteiger partial charge in [0.1, 0.15) is 5.52 Å². The Hall–Kier alpha value is -1.84. The molecular weight excluding hydrogens is 226 g/mol. The van der Waals surface area contributed by atoms with Crippen molar-refractivity contribution in [2.24, 2.45) is 5.92 Å². The minimum Gasteiger partial charge on any atom is -0.502 e. The fourth-order valence-corrected chi connectivity index (χ4v) is 1.93. The van der Waals surface area contributed by atoms with Crippen molar-refractivity contribution in [1.82, 2.24) is 15.0 Å². The van der Waals surface area contributed by atoms with Crippen LogP contribution in [-0.4, -0.2) is 21.6 Å². The van der Waals surface area contributed by atoms with Gasteiger partial charge in [0.25, 0.3) is 0 Å². The van der Waals surface area contributed by atoms with E-state index in [1.54, 1.807) is 6.26 Å². The minimum absolute atomic E-state index is 0.156. The zero-order chi connectivity index (χ0) is 13.0. The Morgan fingerprint density at radius 2 is 2.11 bits per heavy atom. The maximum absolute atomic E-state index is 5.28. The molecule has 18 heavy (non-hydrogen) atoms. The Bertz CT molecular complexity index is 531. The SMILES string of the molecule is CCOC=CC(C(C)C)n1nnc2ccccc21. The van der Waals surface area contributed by atoms with E-state index in [1.807, 2.05) is 41.9 Å². The first-order valence-electron chi connectivity index (χ1n) is 6.32. The maximum atomic E-state index is 5.28. The molecule has 0 aliphatic carbocycles. The van der Waals surface area contributed by atoms with Crippen LogP contribution in [0.15, 0.2) is 36.6 Å². The van der Waals surface area contributed by atoms with Crippen LogP contribution >= 0.6 is 0 Å². The Morgan fingerprint density at radius 3 is 2.83 bits per heavy atom. The van der Waals surface area contributed by atoms with Crippen LogP contribution in [0.5, 0.6) is 0 Å². The quantitative estimate of drug-likeness (QED) is 0.759. The van der Waals surface area contributed by atoms with Crippen LogP contribution in [0.2, 0.25) is 0 Å². The smallest absolute Gasteiger partial charge is 0.113 e. The second-order valence-corrected chi connectivity index (χ2v) is 4.54. The van der Waals surface area contributed by atoms with Crippen LogP contribution in [0.3, 0.4) is 0 Å². The molecule has 0 spiro atoms. The van der Waals surface area contributed by atoms with Crippen LogP contribution in [0, 0.1) is 5.92 Å².